The Morgan fingerprint density at radius 3 is 2.28 bits per heavy atom. The first-order valence-electron chi connectivity index (χ1n) is 14.5. The maximum absolute atomic E-state index is 12.8. The molecule has 39 heavy (non-hydrogen) atoms. The van der Waals surface area contributed by atoms with Crippen LogP contribution in [0.25, 0.3) is 0 Å². The number of nitrogens with zero attached hydrogens (tertiary/aromatic N) is 1. The summed E-state index contributed by atoms with van der Waals surface area (Å²) in [5, 5.41) is 5.78. The largest absolute Gasteiger partial charge is 0.492 e. The molecule has 3 rings (SSSR count). The number of halogens is 2. The molecule has 1 N–H and O–H groups in total. The summed E-state index contributed by atoms with van der Waals surface area (Å²) in [7, 11) is 0. The van der Waals surface area contributed by atoms with Crippen molar-refractivity contribution in [3.63, 3.8) is 0 Å². The third-order valence-corrected chi connectivity index (χ3v) is 8.00. The van der Waals surface area contributed by atoms with Crippen molar-refractivity contribution in [2.24, 2.45) is 0 Å². The molecule has 0 saturated heterocycles. The molecule has 0 saturated carbocycles. The fourth-order valence-electron chi connectivity index (χ4n) is 4.68. The highest BCUT2D eigenvalue weighted by Gasteiger charge is 2.12. The topological polar surface area (TPSA) is 41.6 Å². The number of thioether (sulfide) groups is 1. The molecule has 0 atom stereocenters. The van der Waals surface area contributed by atoms with E-state index in [1.54, 1.807) is 11.8 Å². The molecule has 0 unspecified atom stereocenters. The van der Waals surface area contributed by atoms with Crippen molar-refractivity contribution in [2.75, 3.05) is 17.8 Å². The first-order valence-corrected chi connectivity index (χ1v) is 15.9. The van der Waals surface area contributed by atoms with E-state index >= 15 is 0 Å². The molecule has 216 valence electrons. The van der Waals surface area contributed by atoms with Crippen LogP contribution in [0, 0.1) is 0 Å². The van der Waals surface area contributed by atoms with Crippen LogP contribution in [0.15, 0.2) is 54.1 Å². The molecule has 7 heteroatoms. The quantitative estimate of drug-likeness (QED) is 0.156. The van der Waals surface area contributed by atoms with Gasteiger partial charge in [0.15, 0.2) is 0 Å². The van der Waals surface area contributed by atoms with Gasteiger partial charge in [-0.3, -0.25) is 4.79 Å². The summed E-state index contributed by atoms with van der Waals surface area (Å²) < 4.78 is 5.99. The Hall–Kier alpha value is -1.63. The van der Waals surface area contributed by atoms with Gasteiger partial charge in [0.1, 0.15) is 5.75 Å². The lowest BCUT2D eigenvalue weighted by Crippen LogP contribution is -2.18. The van der Waals surface area contributed by atoms with Crippen LogP contribution in [0.4, 0.5) is 5.69 Å². The fourth-order valence-corrected chi connectivity index (χ4v) is 5.57. The highest BCUT2D eigenvalue weighted by Crippen LogP contribution is 2.27. The highest BCUT2D eigenvalue weighted by atomic mass is 79.9. The van der Waals surface area contributed by atoms with Gasteiger partial charge in [-0.25, -0.2) is 0 Å². The van der Waals surface area contributed by atoms with E-state index in [9.17, 15) is 4.79 Å². The van der Waals surface area contributed by atoms with E-state index < -0.39 is 0 Å². The van der Waals surface area contributed by atoms with Crippen LogP contribution in [0.1, 0.15) is 95.1 Å². The maximum atomic E-state index is 12.8. The minimum absolute atomic E-state index is 0. The zero-order valence-corrected chi connectivity index (χ0v) is 26.8. The normalized spacial score (nSPS) is 12.4. The number of carbonyl (C=O) groups excluding carboxylic acids is 1. The number of carbonyl (C=O) groups is 1. The van der Waals surface area contributed by atoms with Crippen LogP contribution in [-0.4, -0.2) is 23.3 Å². The highest BCUT2D eigenvalue weighted by molar-refractivity contribution is 8.93. The van der Waals surface area contributed by atoms with E-state index in [0.717, 1.165) is 35.7 Å². The second kappa shape index (κ2) is 20.3. The van der Waals surface area contributed by atoms with Crippen molar-refractivity contribution in [1.29, 1.82) is 0 Å². The SMILES string of the molecule is Br.CCCCCCCCCCCCCCOc1cc(CC(=O)Nc2ccccc2CN2C=CSC2)ccc1Cl. The van der Waals surface area contributed by atoms with Crippen LogP contribution in [-0.2, 0) is 17.8 Å². The number of ether oxygens (including phenoxy) is 1. The zero-order valence-electron chi connectivity index (χ0n) is 23.5. The lowest BCUT2D eigenvalue weighted by atomic mass is 10.1. The van der Waals surface area contributed by atoms with E-state index in [1.165, 1.54) is 70.6 Å². The first kappa shape index (κ1) is 33.6. The number of para-hydroxylation sites is 1. The van der Waals surface area contributed by atoms with Crippen molar-refractivity contribution in [1.82, 2.24) is 4.90 Å². The summed E-state index contributed by atoms with van der Waals surface area (Å²) in [5.41, 5.74) is 2.86. The standard InChI is InChI=1S/C32H45ClN2O2S.BrH/c1-2-3-4-5-6-7-8-9-10-11-12-15-21-37-31-23-27(18-19-29(31)33)24-32(36)34-30-17-14-13-16-28(30)25-35-20-22-38-26-35;/h13-14,16-20,22-23H,2-12,15,21,24-26H2,1H3,(H,34,36);1H. The molecule has 0 radical (unpaired) electrons. The van der Waals surface area contributed by atoms with Crippen LogP contribution in [0.5, 0.6) is 5.75 Å². The Labute approximate surface area is 256 Å². The molecule has 0 aliphatic carbocycles. The van der Waals surface area contributed by atoms with Crippen molar-refractivity contribution < 1.29 is 9.53 Å². The second-order valence-electron chi connectivity index (χ2n) is 10.2. The average Bonchev–Trinajstić information content (AvgIpc) is 3.43. The third-order valence-electron chi connectivity index (χ3n) is 6.89. The zero-order chi connectivity index (χ0) is 26.8. The summed E-state index contributed by atoms with van der Waals surface area (Å²) in [6.45, 7) is 3.70. The summed E-state index contributed by atoms with van der Waals surface area (Å²) in [6, 6.07) is 13.6. The Balaban J connectivity index is 0.00000533. The van der Waals surface area contributed by atoms with Gasteiger partial charge in [-0.05, 0) is 41.2 Å². The lowest BCUT2D eigenvalue weighted by Gasteiger charge is -2.18. The van der Waals surface area contributed by atoms with Gasteiger partial charge < -0.3 is 15.0 Å². The second-order valence-corrected chi connectivity index (χ2v) is 11.5. The Bertz CT molecular complexity index is 1000. The molecule has 1 aliphatic heterocycles. The Kier molecular flexibility index (Phi) is 17.5. The van der Waals surface area contributed by atoms with Gasteiger partial charge in [0.2, 0.25) is 5.91 Å². The van der Waals surface area contributed by atoms with Crippen LogP contribution in [0.3, 0.4) is 0 Å². The number of nitrogens with one attached hydrogen (secondary N) is 1. The molecule has 0 spiro atoms. The Morgan fingerprint density at radius 2 is 1.62 bits per heavy atom. The van der Waals surface area contributed by atoms with Crippen LogP contribution in [0.2, 0.25) is 5.02 Å². The smallest absolute Gasteiger partial charge is 0.228 e. The molecule has 0 fully saturated rings. The molecule has 2 aromatic rings. The fraction of sp³-hybridized carbons (Fsp3) is 0.531. The molecule has 0 aromatic heterocycles. The van der Waals surface area contributed by atoms with Gasteiger partial charge in [-0.15, -0.1) is 28.7 Å². The van der Waals surface area contributed by atoms with E-state index in [2.05, 4.69) is 34.8 Å². The minimum atomic E-state index is -0.0435. The third kappa shape index (κ3) is 13.5. The molecular weight excluding hydrogens is 592 g/mol. The summed E-state index contributed by atoms with van der Waals surface area (Å²) in [6.07, 6.45) is 18.2. The predicted molar refractivity (Wildman–Crippen MR) is 174 cm³/mol. The molecule has 1 aliphatic rings. The molecule has 2 aromatic carbocycles. The maximum Gasteiger partial charge on any atom is 0.228 e. The first-order chi connectivity index (χ1) is 18.7. The van der Waals surface area contributed by atoms with Crippen molar-refractivity contribution in [3.05, 3.63) is 70.2 Å². The van der Waals surface area contributed by atoms with Crippen LogP contribution >= 0.6 is 40.3 Å². The number of anilines is 1. The van der Waals surface area contributed by atoms with E-state index in [0.29, 0.717) is 17.4 Å². The van der Waals surface area contributed by atoms with E-state index in [1.807, 2.05) is 36.4 Å². The summed E-state index contributed by atoms with van der Waals surface area (Å²) >= 11 is 8.15. The number of benzene rings is 2. The van der Waals surface area contributed by atoms with Gasteiger partial charge in [0.25, 0.3) is 0 Å². The van der Waals surface area contributed by atoms with Gasteiger partial charge in [0.05, 0.1) is 23.9 Å². The molecular formula is C32H46BrClN2O2S. The number of rotatable bonds is 19. The van der Waals surface area contributed by atoms with Crippen molar-refractivity contribution >= 4 is 51.9 Å². The minimum Gasteiger partial charge on any atom is -0.492 e. The predicted octanol–water partition coefficient (Wildman–Crippen LogP) is 10.2. The number of unbranched alkanes of at least 4 members (excludes halogenated alkanes) is 11. The molecule has 1 heterocycles. The van der Waals surface area contributed by atoms with Crippen molar-refractivity contribution in [3.8, 4) is 5.75 Å². The summed E-state index contributed by atoms with van der Waals surface area (Å²) in [4.78, 5) is 15.1. The van der Waals surface area contributed by atoms with Crippen molar-refractivity contribution in [2.45, 2.75) is 96.9 Å². The van der Waals surface area contributed by atoms with E-state index in [4.69, 9.17) is 16.3 Å². The molecule has 1 amide bonds. The van der Waals surface area contributed by atoms with E-state index in [-0.39, 0.29) is 29.3 Å². The lowest BCUT2D eigenvalue weighted by molar-refractivity contribution is -0.115. The number of amides is 1. The van der Waals surface area contributed by atoms with Gasteiger partial charge in [-0.2, -0.15) is 0 Å². The molecule has 4 nitrogen and oxygen atoms in total. The number of hydrogen-bond donors (Lipinski definition) is 1. The molecule has 0 bridgehead atoms. The van der Waals surface area contributed by atoms with Crippen LogP contribution < -0.4 is 10.1 Å². The number of hydrogen-bond acceptors (Lipinski definition) is 4. The van der Waals surface area contributed by atoms with Gasteiger partial charge in [-0.1, -0.05) is 113 Å². The average molecular weight is 638 g/mol. The Morgan fingerprint density at radius 1 is 0.949 bits per heavy atom. The van der Waals surface area contributed by atoms with Gasteiger partial charge >= 0.3 is 0 Å². The van der Waals surface area contributed by atoms with Gasteiger partial charge in [0, 0.05) is 18.4 Å². The monoisotopic (exact) mass is 636 g/mol. The summed E-state index contributed by atoms with van der Waals surface area (Å²) in [5.74, 6) is 1.56.